The van der Waals surface area contributed by atoms with Crippen LogP contribution in [0.15, 0.2) is 60.7 Å². The molecule has 2 atom stereocenters. The van der Waals surface area contributed by atoms with Crippen LogP contribution in [0.2, 0.25) is 0 Å². The molecule has 0 bridgehead atoms. The summed E-state index contributed by atoms with van der Waals surface area (Å²) in [6.45, 7) is -0.174. The fourth-order valence-electron chi connectivity index (χ4n) is 2.66. The summed E-state index contributed by atoms with van der Waals surface area (Å²) in [4.78, 5) is 16.2. The molecule has 108 valence electrons. The lowest BCUT2D eigenvalue weighted by molar-refractivity contribution is -0.490. The third-order valence-electron chi connectivity index (χ3n) is 3.58. The van der Waals surface area contributed by atoms with Gasteiger partial charge in [0.25, 0.3) is 0 Å². The molecular weight excluding hydrogens is 268 g/mol. The highest BCUT2D eigenvalue weighted by molar-refractivity contribution is 5.47. The Balaban J connectivity index is 1.89. The molecular formula is C16H16N2O3. The first-order chi connectivity index (χ1) is 10.2. The number of para-hydroxylation sites is 1. The van der Waals surface area contributed by atoms with E-state index in [9.17, 15) is 10.1 Å². The summed E-state index contributed by atoms with van der Waals surface area (Å²) in [5, 5.41) is 12.5. The molecule has 5 heteroatoms. The molecule has 0 aromatic heterocycles. The zero-order valence-corrected chi connectivity index (χ0v) is 11.5. The molecule has 1 heterocycles. The molecule has 2 aromatic rings. The van der Waals surface area contributed by atoms with Gasteiger partial charge in [-0.05, 0) is 17.7 Å². The number of rotatable bonds is 4. The average Bonchev–Trinajstić information content (AvgIpc) is 2.92. The van der Waals surface area contributed by atoms with Crippen molar-refractivity contribution in [1.82, 2.24) is 0 Å². The highest BCUT2D eigenvalue weighted by Gasteiger charge is 2.37. The van der Waals surface area contributed by atoms with E-state index in [-0.39, 0.29) is 17.5 Å². The van der Waals surface area contributed by atoms with Crippen LogP contribution in [0.5, 0.6) is 0 Å². The molecule has 1 aliphatic heterocycles. The number of hydrogen-bond acceptors (Lipinski definition) is 4. The largest absolute Gasteiger partial charge is 0.264 e. The molecule has 3 rings (SSSR count). The van der Waals surface area contributed by atoms with Crippen LogP contribution in [-0.4, -0.2) is 17.6 Å². The molecule has 21 heavy (non-hydrogen) atoms. The molecule has 0 aliphatic carbocycles. The van der Waals surface area contributed by atoms with Crippen LogP contribution in [0.3, 0.4) is 0 Å². The summed E-state index contributed by atoms with van der Waals surface area (Å²) in [5.41, 5.74) is 2.02. The van der Waals surface area contributed by atoms with Crippen LogP contribution in [0, 0.1) is 10.1 Å². The molecule has 0 unspecified atom stereocenters. The zero-order valence-electron chi connectivity index (χ0n) is 11.5. The molecule has 5 nitrogen and oxygen atoms in total. The standard InChI is InChI=1S/C16H16N2O3/c19-17(20)12-15-11-16(13-7-3-1-4-8-13)18(21-15)14-9-5-2-6-10-14/h1-10,15-16H,11-12H2/t15-,16-/m1/s1. The molecule has 0 amide bonds. The summed E-state index contributed by atoms with van der Waals surface area (Å²) in [7, 11) is 0. The van der Waals surface area contributed by atoms with Crippen molar-refractivity contribution in [2.45, 2.75) is 18.6 Å². The predicted octanol–water partition coefficient (Wildman–Crippen LogP) is 3.21. The van der Waals surface area contributed by atoms with Gasteiger partial charge in [0, 0.05) is 11.3 Å². The SMILES string of the molecule is O=[N+]([O-])C[C@H]1C[C@H](c2ccccc2)N(c2ccccc2)O1. The maximum atomic E-state index is 10.7. The zero-order chi connectivity index (χ0) is 14.7. The minimum atomic E-state index is -0.398. The second-order valence-corrected chi connectivity index (χ2v) is 5.07. The van der Waals surface area contributed by atoms with E-state index in [0.29, 0.717) is 6.42 Å². The van der Waals surface area contributed by atoms with E-state index in [4.69, 9.17) is 4.84 Å². The van der Waals surface area contributed by atoms with Gasteiger partial charge < -0.3 is 0 Å². The Bertz CT molecular complexity index is 556. The van der Waals surface area contributed by atoms with Crippen molar-refractivity contribution in [2.24, 2.45) is 0 Å². The van der Waals surface area contributed by atoms with Crippen molar-refractivity contribution in [3.05, 3.63) is 76.3 Å². The number of hydroxylamine groups is 1. The Hall–Kier alpha value is -2.40. The van der Waals surface area contributed by atoms with Gasteiger partial charge in [-0.3, -0.25) is 15.0 Å². The van der Waals surface area contributed by atoms with Gasteiger partial charge >= 0.3 is 0 Å². The third kappa shape index (κ3) is 3.03. The number of anilines is 1. The summed E-state index contributed by atoms with van der Waals surface area (Å²) >= 11 is 0. The first kappa shape index (κ1) is 13.6. The summed E-state index contributed by atoms with van der Waals surface area (Å²) in [5.74, 6) is 0. The predicted molar refractivity (Wildman–Crippen MR) is 79.5 cm³/mol. The van der Waals surface area contributed by atoms with E-state index in [0.717, 1.165) is 11.3 Å². The first-order valence-corrected chi connectivity index (χ1v) is 6.92. The Morgan fingerprint density at radius 2 is 1.71 bits per heavy atom. The fraction of sp³-hybridized carbons (Fsp3) is 0.250. The Kier molecular flexibility index (Phi) is 3.83. The van der Waals surface area contributed by atoms with Crippen molar-refractivity contribution in [3.63, 3.8) is 0 Å². The van der Waals surface area contributed by atoms with Gasteiger partial charge in [0.1, 0.15) is 0 Å². The van der Waals surface area contributed by atoms with Crippen molar-refractivity contribution >= 4 is 5.69 Å². The molecule has 1 fully saturated rings. The van der Waals surface area contributed by atoms with E-state index < -0.39 is 6.10 Å². The monoisotopic (exact) mass is 284 g/mol. The van der Waals surface area contributed by atoms with Crippen LogP contribution < -0.4 is 5.06 Å². The van der Waals surface area contributed by atoms with Crippen LogP contribution in [0.1, 0.15) is 18.0 Å². The minimum absolute atomic E-state index is 0.00134. The van der Waals surface area contributed by atoms with Gasteiger partial charge in [0.15, 0.2) is 6.10 Å². The van der Waals surface area contributed by atoms with E-state index in [2.05, 4.69) is 0 Å². The molecule has 1 saturated heterocycles. The van der Waals surface area contributed by atoms with Crippen molar-refractivity contribution in [2.75, 3.05) is 11.6 Å². The molecule has 0 saturated carbocycles. The number of nitrogens with zero attached hydrogens (tertiary/aromatic N) is 2. The van der Waals surface area contributed by atoms with Gasteiger partial charge in [-0.25, -0.2) is 5.06 Å². The van der Waals surface area contributed by atoms with Crippen LogP contribution in [0.4, 0.5) is 5.69 Å². The smallest absolute Gasteiger partial charge is 0.232 e. The molecule has 1 aliphatic rings. The van der Waals surface area contributed by atoms with E-state index >= 15 is 0 Å². The Morgan fingerprint density at radius 1 is 1.10 bits per heavy atom. The average molecular weight is 284 g/mol. The van der Waals surface area contributed by atoms with Crippen molar-refractivity contribution < 1.29 is 9.76 Å². The van der Waals surface area contributed by atoms with Crippen molar-refractivity contribution in [1.29, 1.82) is 0 Å². The second-order valence-electron chi connectivity index (χ2n) is 5.07. The number of benzene rings is 2. The maximum absolute atomic E-state index is 10.7. The normalized spacial score (nSPS) is 21.4. The van der Waals surface area contributed by atoms with Gasteiger partial charge in [0.2, 0.25) is 6.54 Å². The molecule has 2 aromatic carbocycles. The molecule has 0 N–H and O–H groups in total. The Labute approximate surface area is 122 Å². The topological polar surface area (TPSA) is 55.6 Å². The van der Waals surface area contributed by atoms with Gasteiger partial charge in [0.05, 0.1) is 11.7 Å². The molecule has 0 radical (unpaired) electrons. The number of hydrogen-bond donors (Lipinski definition) is 0. The Morgan fingerprint density at radius 3 is 2.33 bits per heavy atom. The van der Waals surface area contributed by atoms with Crippen LogP contribution in [0.25, 0.3) is 0 Å². The lowest BCUT2D eigenvalue weighted by Gasteiger charge is -2.24. The second kappa shape index (κ2) is 5.93. The maximum Gasteiger partial charge on any atom is 0.232 e. The quantitative estimate of drug-likeness (QED) is 0.639. The lowest BCUT2D eigenvalue weighted by atomic mass is 10.0. The summed E-state index contributed by atoms with van der Waals surface area (Å²) in [6, 6.07) is 19.7. The van der Waals surface area contributed by atoms with Gasteiger partial charge in [-0.1, -0.05) is 48.5 Å². The fourth-order valence-corrected chi connectivity index (χ4v) is 2.66. The van der Waals surface area contributed by atoms with Crippen LogP contribution >= 0.6 is 0 Å². The van der Waals surface area contributed by atoms with E-state index in [1.807, 2.05) is 60.7 Å². The number of nitro groups is 1. The molecule has 0 spiro atoms. The van der Waals surface area contributed by atoms with Gasteiger partial charge in [-0.15, -0.1) is 0 Å². The van der Waals surface area contributed by atoms with Gasteiger partial charge in [-0.2, -0.15) is 0 Å². The van der Waals surface area contributed by atoms with Crippen LogP contribution in [-0.2, 0) is 4.84 Å². The van der Waals surface area contributed by atoms with Crippen molar-refractivity contribution in [3.8, 4) is 0 Å². The summed E-state index contributed by atoms with van der Waals surface area (Å²) < 4.78 is 0. The highest BCUT2D eigenvalue weighted by Crippen LogP contribution is 2.37. The van der Waals surface area contributed by atoms with E-state index in [1.54, 1.807) is 5.06 Å². The summed E-state index contributed by atoms with van der Waals surface area (Å²) in [6.07, 6.45) is 0.213. The first-order valence-electron chi connectivity index (χ1n) is 6.92. The lowest BCUT2D eigenvalue weighted by Crippen LogP contribution is -2.24. The van der Waals surface area contributed by atoms with E-state index in [1.165, 1.54) is 0 Å². The third-order valence-corrected chi connectivity index (χ3v) is 3.58. The highest BCUT2D eigenvalue weighted by atomic mass is 16.7. The minimum Gasteiger partial charge on any atom is -0.264 e.